The summed E-state index contributed by atoms with van der Waals surface area (Å²) in [5, 5.41) is 2.64. The lowest BCUT2D eigenvalue weighted by molar-refractivity contribution is -0.120. The zero-order valence-electron chi connectivity index (χ0n) is 14.4. The number of hydrogen-bond donors (Lipinski definition) is 1. The minimum atomic E-state index is -3.33. The Hall–Kier alpha value is -1.15. The molecule has 1 saturated heterocycles. The number of piperazine rings is 1. The number of halogens is 1. The molecule has 6 nitrogen and oxygen atoms in total. The van der Waals surface area contributed by atoms with Crippen molar-refractivity contribution in [3.8, 4) is 0 Å². The van der Waals surface area contributed by atoms with Crippen molar-refractivity contribution in [3.63, 3.8) is 0 Å². The van der Waals surface area contributed by atoms with Crippen LogP contribution < -0.4 is 5.32 Å². The molecule has 1 heterocycles. The van der Waals surface area contributed by atoms with Gasteiger partial charge >= 0.3 is 0 Å². The van der Waals surface area contributed by atoms with Crippen LogP contribution in [0.1, 0.15) is 18.4 Å². The maximum atomic E-state index is 12.4. The lowest BCUT2D eigenvalue weighted by Crippen LogP contribution is -2.49. The number of nitrogens with one attached hydrogen (secondary N) is 1. The first-order valence-corrected chi connectivity index (χ1v) is 10.7. The lowest BCUT2D eigenvalue weighted by atomic mass is 10.2. The Morgan fingerprint density at radius 2 is 1.80 bits per heavy atom. The molecule has 2 rings (SSSR count). The second kappa shape index (κ2) is 10.1. The number of rotatable bonds is 9. The summed E-state index contributed by atoms with van der Waals surface area (Å²) in [6, 6.07) is 10.2. The molecule has 0 aliphatic carbocycles. The van der Waals surface area contributed by atoms with E-state index in [0.29, 0.717) is 31.8 Å². The number of carbonyl (C=O) groups is 1. The highest BCUT2D eigenvalue weighted by atomic mass is 35.5. The topological polar surface area (TPSA) is 69.7 Å². The molecule has 1 amide bonds. The maximum Gasteiger partial charge on any atom is 0.220 e. The Balaban J connectivity index is 1.72. The molecule has 140 valence electrons. The van der Waals surface area contributed by atoms with Gasteiger partial charge in [0.1, 0.15) is 0 Å². The molecule has 25 heavy (non-hydrogen) atoms. The molecule has 0 unspecified atom stereocenters. The van der Waals surface area contributed by atoms with Crippen LogP contribution in [0.4, 0.5) is 0 Å². The fourth-order valence-electron chi connectivity index (χ4n) is 2.77. The largest absolute Gasteiger partial charge is 0.355 e. The predicted octanol–water partition coefficient (Wildman–Crippen LogP) is 1.27. The van der Waals surface area contributed by atoms with Crippen LogP contribution in [0.15, 0.2) is 30.3 Å². The van der Waals surface area contributed by atoms with Gasteiger partial charge in [-0.05, 0) is 12.0 Å². The summed E-state index contributed by atoms with van der Waals surface area (Å²) in [5.41, 5.74) is 1.23. The number of benzene rings is 1. The molecule has 1 fully saturated rings. The van der Waals surface area contributed by atoms with Crippen molar-refractivity contribution in [2.75, 3.05) is 44.4 Å². The number of nitrogens with zero attached hydrogens (tertiary/aromatic N) is 2. The number of alkyl halides is 1. The van der Waals surface area contributed by atoms with E-state index in [1.807, 2.05) is 18.2 Å². The summed E-state index contributed by atoms with van der Waals surface area (Å²) in [4.78, 5) is 13.8. The SMILES string of the molecule is O=C(CCCCl)NCCS(=O)(=O)N1CCN(Cc2ccccc2)CC1. The summed E-state index contributed by atoms with van der Waals surface area (Å²) < 4.78 is 26.3. The zero-order chi connectivity index (χ0) is 18.1. The normalized spacial score (nSPS) is 16.7. The molecule has 0 aromatic heterocycles. The van der Waals surface area contributed by atoms with E-state index in [2.05, 4.69) is 22.3 Å². The van der Waals surface area contributed by atoms with Crippen molar-refractivity contribution < 1.29 is 13.2 Å². The quantitative estimate of drug-likeness (QED) is 0.648. The van der Waals surface area contributed by atoms with Crippen molar-refractivity contribution in [1.29, 1.82) is 0 Å². The molecule has 1 N–H and O–H groups in total. The lowest BCUT2D eigenvalue weighted by Gasteiger charge is -2.34. The third-order valence-electron chi connectivity index (χ3n) is 4.19. The maximum absolute atomic E-state index is 12.4. The minimum absolute atomic E-state index is 0.0572. The van der Waals surface area contributed by atoms with Crippen LogP contribution in [0.25, 0.3) is 0 Å². The highest BCUT2D eigenvalue weighted by molar-refractivity contribution is 7.89. The summed E-state index contributed by atoms with van der Waals surface area (Å²) >= 11 is 5.53. The van der Waals surface area contributed by atoms with Gasteiger partial charge in [-0.3, -0.25) is 9.69 Å². The third-order valence-corrected chi connectivity index (χ3v) is 6.33. The van der Waals surface area contributed by atoms with Crippen LogP contribution >= 0.6 is 11.6 Å². The monoisotopic (exact) mass is 387 g/mol. The molecule has 1 aliphatic heterocycles. The molecule has 0 spiro atoms. The van der Waals surface area contributed by atoms with Gasteiger partial charge < -0.3 is 5.32 Å². The second-order valence-corrected chi connectivity index (χ2v) is 8.59. The van der Waals surface area contributed by atoms with Gasteiger partial charge in [0.2, 0.25) is 15.9 Å². The average Bonchev–Trinajstić information content (AvgIpc) is 2.61. The summed E-state index contributed by atoms with van der Waals surface area (Å²) in [6.45, 7) is 3.41. The Morgan fingerprint density at radius 3 is 2.44 bits per heavy atom. The summed E-state index contributed by atoms with van der Waals surface area (Å²) in [5.74, 6) is 0.223. The molecular weight excluding hydrogens is 362 g/mol. The van der Waals surface area contributed by atoms with Gasteiger partial charge in [0, 0.05) is 51.6 Å². The van der Waals surface area contributed by atoms with E-state index in [1.54, 1.807) is 0 Å². The zero-order valence-corrected chi connectivity index (χ0v) is 15.9. The van der Waals surface area contributed by atoms with Gasteiger partial charge in [0.15, 0.2) is 0 Å². The molecule has 0 atom stereocenters. The van der Waals surface area contributed by atoms with Crippen LogP contribution in [-0.4, -0.2) is 67.9 Å². The second-order valence-electron chi connectivity index (χ2n) is 6.12. The number of carbonyl (C=O) groups excluding carboxylic acids is 1. The van der Waals surface area contributed by atoms with E-state index < -0.39 is 10.0 Å². The van der Waals surface area contributed by atoms with E-state index >= 15 is 0 Å². The van der Waals surface area contributed by atoms with E-state index in [9.17, 15) is 13.2 Å². The van der Waals surface area contributed by atoms with E-state index in [-0.39, 0.29) is 18.2 Å². The van der Waals surface area contributed by atoms with Crippen LogP contribution in [0.2, 0.25) is 0 Å². The van der Waals surface area contributed by atoms with Gasteiger partial charge in [-0.15, -0.1) is 11.6 Å². The Kier molecular flexibility index (Phi) is 8.15. The molecule has 8 heteroatoms. The van der Waals surface area contributed by atoms with Gasteiger partial charge in [-0.25, -0.2) is 8.42 Å². The Morgan fingerprint density at radius 1 is 1.12 bits per heavy atom. The Bertz CT molecular complexity index is 632. The van der Waals surface area contributed by atoms with Crippen LogP contribution in [0, 0.1) is 0 Å². The van der Waals surface area contributed by atoms with E-state index in [0.717, 1.165) is 19.6 Å². The Labute approximate surface area is 155 Å². The average molecular weight is 388 g/mol. The molecule has 1 aromatic carbocycles. The fraction of sp³-hybridized carbons (Fsp3) is 0.588. The minimum Gasteiger partial charge on any atom is -0.355 e. The highest BCUT2D eigenvalue weighted by Crippen LogP contribution is 2.11. The summed E-state index contributed by atoms with van der Waals surface area (Å²) in [7, 11) is -3.33. The number of amides is 1. The van der Waals surface area contributed by atoms with Crippen molar-refractivity contribution in [2.45, 2.75) is 19.4 Å². The third kappa shape index (κ3) is 6.93. The van der Waals surface area contributed by atoms with Gasteiger partial charge in [0.25, 0.3) is 0 Å². The van der Waals surface area contributed by atoms with E-state index in [4.69, 9.17) is 11.6 Å². The predicted molar refractivity (Wildman–Crippen MR) is 100 cm³/mol. The van der Waals surface area contributed by atoms with Gasteiger partial charge in [-0.1, -0.05) is 30.3 Å². The molecule has 0 saturated carbocycles. The first-order valence-electron chi connectivity index (χ1n) is 8.58. The van der Waals surface area contributed by atoms with Crippen molar-refractivity contribution >= 4 is 27.5 Å². The number of sulfonamides is 1. The smallest absolute Gasteiger partial charge is 0.220 e. The number of hydrogen-bond acceptors (Lipinski definition) is 4. The molecule has 0 bridgehead atoms. The first kappa shape index (κ1) is 20.2. The van der Waals surface area contributed by atoms with Gasteiger partial charge in [0.05, 0.1) is 5.75 Å². The standard InChI is InChI=1S/C17H26ClN3O3S/c18-8-4-7-17(22)19-9-14-25(23,24)21-12-10-20(11-13-21)15-16-5-2-1-3-6-16/h1-3,5-6H,4,7-15H2,(H,19,22). The van der Waals surface area contributed by atoms with Crippen LogP contribution in [0.3, 0.4) is 0 Å². The summed E-state index contributed by atoms with van der Waals surface area (Å²) in [6.07, 6.45) is 0.936. The highest BCUT2D eigenvalue weighted by Gasteiger charge is 2.26. The molecule has 0 radical (unpaired) electrons. The van der Waals surface area contributed by atoms with Crippen LogP contribution in [0.5, 0.6) is 0 Å². The van der Waals surface area contributed by atoms with E-state index in [1.165, 1.54) is 9.87 Å². The first-order chi connectivity index (χ1) is 12.0. The van der Waals surface area contributed by atoms with Gasteiger partial charge in [-0.2, -0.15) is 4.31 Å². The molecular formula is C17H26ClN3O3S. The van der Waals surface area contributed by atoms with Crippen molar-refractivity contribution in [1.82, 2.24) is 14.5 Å². The van der Waals surface area contributed by atoms with Crippen molar-refractivity contribution in [2.24, 2.45) is 0 Å². The molecule has 1 aliphatic rings. The van der Waals surface area contributed by atoms with Crippen molar-refractivity contribution in [3.05, 3.63) is 35.9 Å². The molecule has 1 aromatic rings. The van der Waals surface area contributed by atoms with Crippen LogP contribution in [-0.2, 0) is 21.4 Å². The fourth-order valence-corrected chi connectivity index (χ4v) is 4.24.